The Kier molecular flexibility index (Phi) is 4.48. The molecule has 0 radical (unpaired) electrons. The first kappa shape index (κ1) is 12.8. The second kappa shape index (κ2) is 6.31. The van der Waals surface area contributed by atoms with Gasteiger partial charge < -0.3 is 5.32 Å². The number of hydrogen-bond acceptors (Lipinski definition) is 1. The number of halogens is 1. The van der Waals surface area contributed by atoms with Crippen LogP contribution in [-0.4, -0.2) is 6.17 Å². The minimum Gasteiger partial charge on any atom is -0.303 e. The first-order chi connectivity index (χ1) is 8.77. The van der Waals surface area contributed by atoms with Crippen LogP contribution in [0.25, 0.3) is 0 Å². The second-order valence-electron chi connectivity index (χ2n) is 4.43. The number of hydrogen-bond donors (Lipinski definition) is 1. The van der Waals surface area contributed by atoms with Crippen LogP contribution in [0.5, 0.6) is 0 Å². The summed E-state index contributed by atoms with van der Waals surface area (Å²) in [7, 11) is 0. The van der Waals surface area contributed by atoms with E-state index in [4.69, 9.17) is 0 Å². The van der Waals surface area contributed by atoms with Gasteiger partial charge in [0.1, 0.15) is 6.17 Å². The molecule has 0 saturated heterocycles. The van der Waals surface area contributed by atoms with Crippen molar-refractivity contribution >= 4 is 0 Å². The van der Waals surface area contributed by atoms with E-state index < -0.39 is 6.17 Å². The summed E-state index contributed by atoms with van der Waals surface area (Å²) in [6.07, 6.45) is -0.920. The number of benzene rings is 2. The van der Waals surface area contributed by atoms with Gasteiger partial charge in [-0.05, 0) is 18.1 Å². The molecule has 2 heteroatoms. The Morgan fingerprint density at radius 1 is 0.944 bits per heavy atom. The maximum absolute atomic E-state index is 13.7. The van der Waals surface area contributed by atoms with Crippen molar-refractivity contribution in [1.29, 1.82) is 0 Å². The fraction of sp³-hybridized carbons (Fsp3) is 0.250. The fourth-order valence-corrected chi connectivity index (χ4v) is 2.03. The van der Waals surface area contributed by atoms with E-state index in [2.05, 4.69) is 5.32 Å². The molecule has 0 unspecified atom stereocenters. The van der Waals surface area contributed by atoms with Crippen molar-refractivity contribution in [2.45, 2.75) is 25.7 Å². The van der Waals surface area contributed by atoms with Gasteiger partial charge in [0.25, 0.3) is 0 Å². The first-order valence-electron chi connectivity index (χ1n) is 6.23. The van der Waals surface area contributed by atoms with E-state index in [1.165, 1.54) is 5.56 Å². The molecule has 0 aromatic heterocycles. The molecule has 0 amide bonds. The normalized spacial score (nSPS) is 14.1. The van der Waals surface area contributed by atoms with Crippen LogP contribution in [0.2, 0.25) is 0 Å². The summed E-state index contributed by atoms with van der Waals surface area (Å²) < 4.78 is 13.7. The predicted molar refractivity (Wildman–Crippen MR) is 73.0 cm³/mol. The largest absolute Gasteiger partial charge is 0.303 e. The highest BCUT2D eigenvalue weighted by Crippen LogP contribution is 2.19. The standard InChI is InChI=1S/C16H18FN/c1-13(17)16(15-10-6-3-7-11-15)18-12-14-8-4-2-5-9-14/h2-11,13,16,18H,12H2,1H3/t13-,16-/m0/s1. The summed E-state index contributed by atoms with van der Waals surface area (Å²) in [6, 6.07) is 19.5. The maximum atomic E-state index is 13.7. The molecule has 0 heterocycles. The molecule has 1 nitrogen and oxygen atoms in total. The molecule has 0 spiro atoms. The third kappa shape index (κ3) is 3.41. The molecule has 2 atom stereocenters. The van der Waals surface area contributed by atoms with Gasteiger partial charge in [0.15, 0.2) is 0 Å². The van der Waals surface area contributed by atoms with Crippen LogP contribution in [0, 0.1) is 0 Å². The highest BCUT2D eigenvalue weighted by molar-refractivity contribution is 5.21. The van der Waals surface area contributed by atoms with Crippen LogP contribution in [-0.2, 0) is 6.54 Å². The molecule has 2 rings (SSSR count). The van der Waals surface area contributed by atoms with Gasteiger partial charge in [-0.3, -0.25) is 0 Å². The molecule has 18 heavy (non-hydrogen) atoms. The summed E-state index contributed by atoms with van der Waals surface area (Å²) >= 11 is 0. The summed E-state index contributed by atoms with van der Waals surface area (Å²) in [5, 5.41) is 3.28. The number of nitrogens with one attached hydrogen (secondary N) is 1. The lowest BCUT2D eigenvalue weighted by Gasteiger charge is -2.20. The van der Waals surface area contributed by atoms with Gasteiger partial charge in [0.05, 0.1) is 6.04 Å². The van der Waals surface area contributed by atoms with Crippen molar-refractivity contribution in [2.24, 2.45) is 0 Å². The van der Waals surface area contributed by atoms with Crippen molar-refractivity contribution in [3.8, 4) is 0 Å². The Morgan fingerprint density at radius 3 is 2.06 bits per heavy atom. The molecule has 2 aromatic carbocycles. The van der Waals surface area contributed by atoms with Gasteiger partial charge in [0.2, 0.25) is 0 Å². The van der Waals surface area contributed by atoms with E-state index in [-0.39, 0.29) is 6.04 Å². The fourth-order valence-electron chi connectivity index (χ4n) is 2.03. The van der Waals surface area contributed by atoms with E-state index in [1.807, 2.05) is 60.7 Å². The third-order valence-corrected chi connectivity index (χ3v) is 2.99. The molecule has 94 valence electrons. The monoisotopic (exact) mass is 243 g/mol. The van der Waals surface area contributed by atoms with Crippen molar-refractivity contribution in [3.05, 3.63) is 71.8 Å². The van der Waals surface area contributed by atoms with E-state index in [9.17, 15) is 4.39 Å². The lowest BCUT2D eigenvalue weighted by molar-refractivity contribution is 0.271. The summed E-state index contributed by atoms with van der Waals surface area (Å²) in [5.74, 6) is 0. The molecule has 0 fully saturated rings. The SMILES string of the molecule is C[C@H](F)[C@H](NCc1ccccc1)c1ccccc1. The summed E-state index contributed by atoms with van der Waals surface area (Å²) in [6.45, 7) is 2.27. The molecule has 0 aliphatic carbocycles. The molecule has 0 saturated carbocycles. The van der Waals surface area contributed by atoms with Crippen LogP contribution < -0.4 is 5.32 Å². The Labute approximate surface area is 108 Å². The average Bonchev–Trinajstić information content (AvgIpc) is 2.41. The molecule has 0 aliphatic rings. The van der Waals surface area contributed by atoms with Crippen LogP contribution in [0.1, 0.15) is 24.1 Å². The Morgan fingerprint density at radius 2 is 1.50 bits per heavy atom. The first-order valence-corrected chi connectivity index (χ1v) is 6.23. The van der Waals surface area contributed by atoms with Crippen LogP contribution in [0.4, 0.5) is 4.39 Å². The van der Waals surface area contributed by atoms with Gasteiger partial charge in [-0.2, -0.15) is 0 Å². The van der Waals surface area contributed by atoms with Crippen molar-refractivity contribution < 1.29 is 4.39 Å². The highest BCUT2D eigenvalue weighted by atomic mass is 19.1. The van der Waals surface area contributed by atoms with Gasteiger partial charge in [-0.15, -0.1) is 0 Å². The Bertz CT molecular complexity index is 453. The van der Waals surface area contributed by atoms with E-state index in [0.717, 1.165) is 5.56 Å². The van der Waals surface area contributed by atoms with E-state index >= 15 is 0 Å². The zero-order valence-electron chi connectivity index (χ0n) is 10.5. The third-order valence-electron chi connectivity index (χ3n) is 2.99. The van der Waals surface area contributed by atoms with E-state index in [0.29, 0.717) is 6.54 Å². The van der Waals surface area contributed by atoms with Crippen LogP contribution in [0.15, 0.2) is 60.7 Å². The summed E-state index contributed by atoms with van der Waals surface area (Å²) in [5.41, 5.74) is 2.16. The lowest BCUT2D eigenvalue weighted by atomic mass is 10.0. The Balaban J connectivity index is 2.04. The minimum atomic E-state index is -0.920. The van der Waals surface area contributed by atoms with Crippen molar-refractivity contribution in [3.63, 3.8) is 0 Å². The zero-order chi connectivity index (χ0) is 12.8. The van der Waals surface area contributed by atoms with Crippen LogP contribution >= 0.6 is 0 Å². The molecule has 2 aromatic rings. The number of alkyl halides is 1. The predicted octanol–water partition coefficient (Wildman–Crippen LogP) is 3.88. The van der Waals surface area contributed by atoms with Gasteiger partial charge in [-0.25, -0.2) is 4.39 Å². The molecule has 0 bridgehead atoms. The second-order valence-corrected chi connectivity index (χ2v) is 4.43. The molecular formula is C16H18FN. The smallest absolute Gasteiger partial charge is 0.117 e. The Hall–Kier alpha value is -1.67. The summed E-state index contributed by atoms with van der Waals surface area (Å²) in [4.78, 5) is 0. The zero-order valence-corrected chi connectivity index (χ0v) is 10.5. The van der Waals surface area contributed by atoms with Crippen LogP contribution in [0.3, 0.4) is 0 Å². The lowest BCUT2D eigenvalue weighted by Crippen LogP contribution is -2.27. The molecular weight excluding hydrogens is 225 g/mol. The van der Waals surface area contributed by atoms with E-state index in [1.54, 1.807) is 6.92 Å². The maximum Gasteiger partial charge on any atom is 0.117 e. The topological polar surface area (TPSA) is 12.0 Å². The van der Waals surface area contributed by atoms with Gasteiger partial charge in [0, 0.05) is 6.54 Å². The van der Waals surface area contributed by atoms with Crippen molar-refractivity contribution in [1.82, 2.24) is 5.32 Å². The quantitative estimate of drug-likeness (QED) is 0.840. The van der Waals surface area contributed by atoms with Crippen molar-refractivity contribution in [2.75, 3.05) is 0 Å². The molecule has 1 N–H and O–H groups in total. The molecule has 0 aliphatic heterocycles. The number of rotatable bonds is 5. The van der Waals surface area contributed by atoms with Gasteiger partial charge in [-0.1, -0.05) is 60.7 Å². The average molecular weight is 243 g/mol. The minimum absolute atomic E-state index is 0.258. The highest BCUT2D eigenvalue weighted by Gasteiger charge is 2.17. The van der Waals surface area contributed by atoms with Gasteiger partial charge >= 0.3 is 0 Å².